The number of hydrogen-bond acceptors (Lipinski definition) is 6. The molecule has 0 spiro atoms. The predicted octanol–water partition coefficient (Wildman–Crippen LogP) is 3.96. The number of oxazole rings is 1. The summed E-state index contributed by atoms with van der Waals surface area (Å²) in [6.45, 7) is 1.59. The Morgan fingerprint density at radius 2 is 1.96 bits per heavy atom. The van der Waals surface area contributed by atoms with Crippen LogP contribution in [0.2, 0.25) is 0 Å². The number of aromatic nitrogens is 1. The number of benzene rings is 2. The topological polar surface area (TPSA) is 89.3 Å². The number of carbonyl (C=O) groups excluding carboxylic acids is 1. The largest absolute Gasteiger partial charge is 0.431 e. The van der Waals surface area contributed by atoms with Gasteiger partial charge in [0.25, 0.3) is 5.22 Å². The van der Waals surface area contributed by atoms with Crippen LogP contribution in [-0.2, 0) is 14.6 Å². The van der Waals surface area contributed by atoms with Crippen LogP contribution in [0.3, 0.4) is 0 Å². The van der Waals surface area contributed by atoms with E-state index in [0.29, 0.717) is 16.3 Å². The van der Waals surface area contributed by atoms with Gasteiger partial charge in [-0.15, -0.1) is 0 Å². The molecule has 9 heteroatoms. The molecule has 26 heavy (non-hydrogen) atoms. The SMILES string of the molecule is CCS(=O)(=O)c1ccc2oc(SCC(=O)Nc3ccc(I)cc3)nc2c1. The van der Waals surface area contributed by atoms with E-state index < -0.39 is 9.84 Å². The summed E-state index contributed by atoms with van der Waals surface area (Å²) in [7, 11) is -3.30. The maximum Gasteiger partial charge on any atom is 0.257 e. The van der Waals surface area contributed by atoms with Gasteiger partial charge in [0.15, 0.2) is 15.4 Å². The lowest BCUT2D eigenvalue weighted by Crippen LogP contribution is -2.13. The van der Waals surface area contributed by atoms with E-state index in [1.165, 1.54) is 12.1 Å². The molecule has 3 rings (SSSR count). The Hall–Kier alpha value is -1.59. The molecular weight excluding hydrogens is 487 g/mol. The summed E-state index contributed by atoms with van der Waals surface area (Å²) in [5.74, 6) is -0.0111. The molecule has 1 amide bonds. The lowest BCUT2D eigenvalue weighted by Gasteiger charge is -2.03. The molecule has 0 atom stereocenters. The highest BCUT2D eigenvalue weighted by molar-refractivity contribution is 14.1. The van der Waals surface area contributed by atoms with Gasteiger partial charge >= 0.3 is 0 Å². The van der Waals surface area contributed by atoms with Crippen molar-refractivity contribution < 1.29 is 17.6 Å². The number of rotatable bonds is 6. The van der Waals surface area contributed by atoms with E-state index in [0.717, 1.165) is 21.0 Å². The van der Waals surface area contributed by atoms with Crippen molar-refractivity contribution in [2.45, 2.75) is 17.0 Å². The highest BCUT2D eigenvalue weighted by Crippen LogP contribution is 2.26. The van der Waals surface area contributed by atoms with Crippen LogP contribution in [0.5, 0.6) is 0 Å². The Balaban J connectivity index is 1.67. The Morgan fingerprint density at radius 3 is 2.65 bits per heavy atom. The quantitative estimate of drug-likeness (QED) is 0.406. The van der Waals surface area contributed by atoms with Crippen LogP contribution >= 0.6 is 34.4 Å². The van der Waals surface area contributed by atoms with E-state index in [1.54, 1.807) is 13.0 Å². The van der Waals surface area contributed by atoms with Crippen LogP contribution in [0.1, 0.15) is 6.92 Å². The summed E-state index contributed by atoms with van der Waals surface area (Å²) >= 11 is 3.35. The van der Waals surface area contributed by atoms with Gasteiger partial charge in [-0.3, -0.25) is 4.79 Å². The van der Waals surface area contributed by atoms with Gasteiger partial charge in [-0.05, 0) is 65.1 Å². The first-order chi connectivity index (χ1) is 12.4. The van der Waals surface area contributed by atoms with E-state index in [1.807, 2.05) is 24.3 Å². The minimum Gasteiger partial charge on any atom is -0.431 e. The van der Waals surface area contributed by atoms with Crippen LogP contribution in [0.15, 0.2) is 57.0 Å². The van der Waals surface area contributed by atoms with Gasteiger partial charge < -0.3 is 9.73 Å². The smallest absolute Gasteiger partial charge is 0.257 e. The predicted molar refractivity (Wildman–Crippen MR) is 110 cm³/mol. The second-order valence-electron chi connectivity index (χ2n) is 5.36. The molecule has 0 aliphatic carbocycles. The maximum absolute atomic E-state index is 12.0. The number of amides is 1. The van der Waals surface area contributed by atoms with E-state index >= 15 is 0 Å². The van der Waals surface area contributed by atoms with Gasteiger partial charge in [-0.1, -0.05) is 18.7 Å². The lowest BCUT2D eigenvalue weighted by molar-refractivity contribution is -0.113. The highest BCUT2D eigenvalue weighted by Gasteiger charge is 2.15. The van der Waals surface area contributed by atoms with E-state index in [9.17, 15) is 13.2 Å². The first-order valence-corrected chi connectivity index (χ1v) is 11.4. The number of fused-ring (bicyclic) bond motifs is 1. The summed E-state index contributed by atoms with van der Waals surface area (Å²) in [4.78, 5) is 16.5. The summed E-state index contributed by atoms with van der Waals surface area (Å²) in [6, 6.07) is 12.1. The fourth-order valence-electron chi connectivity index (χ4n) is 2.17. The van der Waals surface area contributed by atoms with Gasteiger partial charge in [-0.25, -0.2) is 13.4 Å². The fourth-order valence-corrected chi connectivity index (χ4v) is 4.06. The zero-order valence-corrected chi connectivity index (χ0v) is 17.5. The summed E-state index contributed by atoms with van der Waals surface area (Å²) in [6.07, 6.45) is 0. The molecule has 0 radical (unpaired) electrons. The Morgan fingerprint density at radius 1 is 1.23 bits per heavy atom. The van der Waals surface area contributed by atoms with Gasteiger partial charge in [-0.2, -0.15) is 0 Å². The molecule has 0 saturated carbocycles. The molecule has 136 valence electrons. The van der Waals surface area contributed by atoms with E-state index in [-0.39, 0.29) is 22.3 Å². The Labute approximate surface area is 168 Å². The molecule has 3 aromatic rings. The summed E-state index contributed by atoms with van der Waals surface area (Å²) < 4.78 is 30.5. The van der Waals surface area contributed by atoms with Gasteiger partial charge in [0.1, 0.15) is 5.52 Å². The zero-order chi connectivity index (χ0) is 18.7. The molecule has 2 aromatic carbocycles. The molecule has 0 aliphatic rings. The number of thioether (sulfide) groups is 1. The molecule has 1 aromatic heterocycles. The van der Waals surface area contributed by atoms with Crippen molar-refractivity contribution in [1.82, 2.24) is 4.98 Å². The van der Waals surface area contributed by atoms with Gasteiger partial charge in [0.2, 0.25) is 5.91 Å². The number of nitrogens with zero attached hydrogens (tertiary/aromatic N) is 1. The van der Waals surface area contributed by atoms with E-state index in [2.05, 4.69) is 32.9 Å². The van der Waals surface area contributed by atoms with Crippen molar-refractivity contribution in [3.8, 4) is 0 Å². The third-order valence-electron chi connectivity index (χ3n) is 3.53. The Bertz CT molecular complexity index is 1050. The second kappa shape index (κ2) is 7.97. The third-order valence-corrected chi connectivity index (χ3v) is 6.81. The summed E-state index contributed by atoms with van der Waals surface area (Å²) in [5.41, 5.74) is 1.67. The zero-order valence-electron chi connectivity index (χ0n) is 13.7. The monoisotopic (exact) mass is 502 g/mol. The molecule has 6 nitrogen and oxygen atoms in total. The van der Waals surface area contributed by atoms with Gasteiger partial charge in [0.05, 0.1) is 16.4 Å². The van der Waals surface area contributed by atoms with Crippen LogP contribution in [0, 0.1) is 3.57 Å². The van der Waals surface area contributed by atoms with Crippen molar-refractivity contribution in [2.24, 2.45) is 0 Å². The first-order valence-electron chi connectivity index (χ1n) is 7.69. The van der Waals surface area contributed by atoms with Crippen LogP contribution in [0.25, 0.3) is 11.1 Å². The van der Waals surface area contributed by atoms with Crippen molar-refractivity contribution in [1.29, 1.82) is 0 Å². The minimum atomic E-state index is -3.30. The maximum atomic E-state index is 12.0. The number of nitrogens with one attached hydrogen (secondary N) is 1. The third kappa shape index (κ3) is 4.57. The normalized spacial score (nSPS) is 11.6. The number of halogens is 1. The molecule has 0 unspecified atom stereocenters. The molecular formula is C17H15IN2O4S2. The molecule has 0 fully saturated rings. The van der Waals surface area contributed by atoms with Crippen molar-refractivity contribution in [3.05, 3.63) is 46.0 Å². The number of anilines is 1. The highest BCUT2D eigenvalue weighted by atomic mass is 127. The van der Waals surface area contributed by atoms with Crippen molar-refractivity contribution in [3.63, 3.8) is 0 Å². The van der Waals surface area contributed by atoms with Gasteiger partial charge in [0, 0.05) is 9.26 Å². The number of hydrogen-bond donors (Lipinski definition) is 1. The average molecular weight is 502 g/mol. The lowest BCUT2D eigenvalue weighted by atomic mass is 10.3. The minimum absolute atomic E-state index is 0.0245. The van der Waals surface area contributed by atoms with Crippen molar-refractivity contribution >= 4 is 66.9 Å². The van der Waals surface area contributed by atoms with Crippen LogP contribution < -0.4 is 5.32 Å². The number of sulfone groups is 1. The molecule has 1 N–H and O–H groups in total. The second-order valence-corrected chi connectivity index (χ2v) is 9.81. The molecule has 0 bridgehead atoms. The van der Waals surface area contributed by atoms with Crippen LogP contribution in [0.4, 0.5) is 5.69 Å². The Kier molecular flexibility index (Phi) is 5.88. The van der Waals surface area contributed by atoms with Crippen molar-refractivity contribution in [2.75, 3.05) is 16.8 Å². The fraction of sp³-hybridized carbons (Fsp3) is 0.176. The summed E-state index contributed by atoms with van der Waals surface area (Å²) in [5, 5.41) is 3.12. The molecule has 0 saturated heterocycles. The average Bonchev–Trinajstić information content (AvgIpc) is 3.04. The molecule has 0 aliphatic heterocycles. The first kappa shape index (κ1) is 19.2. The number of carbonyl (C=O) groups is 1. The van der Waals surface area contributed by atoms with E-state index in [4.69, 9.17) is 4.42 Å². The van der Waals surface area contributed by atoms with Crippen LogP contribution in [-0.4, -0.2) is 30.8 Å². The molecule has 1 heterocycles. The standard InChI is InChI=1S/C17H15IN2O4S2/c1-2-26(22,23)13-7-8-15-14(9-13)20-17(24-15)25-10-16(21)19-12-5-3-11(18)4-6-12/h3-9H,2,10H2,1H3,(H,19,21).